The van der Waals surface area contributed by atoms with E-state index in [1.165, 1.54) is 0 Å². The largest absolute Gasteiger partial charge is 0.497 e. The molecule has 168 valence electrons. The van der Waals surface area contributed by atoms with E-state index >= 15 is 0 Å². The molecule has 1 saturated heterocycles. The van der Waals surface area contributed by atoms with E-state index in [1.807, 2.05) is 42.5 Å². The second-order valence-corrected chi connectivity index (χ2v) is 9.08. The zero-order valence-electron chi connectivity index (χ0n) is 19.2. The molecule has 0 spiro atoms. The topological polar surface area (TPSA) is 72.4 Å². The molecule has 0 unspecified atom stereocenters. The van der Waals surface area contributed by atoms with Gasteiger partial charge < -0.3 is 19.7 Å². The molecule has 0 saturated carbocycles. The SMILES string of the molecule is COc1ccc(COc2cc(N3CCN[C@@H](C(C)(C)C)C3)nc(-c3ccncc3)n2)cc1. The van der Waals surface area contributed by atoms with Gasteiger partial charge in [0, 0.05) is 49.7 Å². The lowest BCUT2D eigenvalue weighted by molar-refractivity contribution is 0.253. The summed E-state index contributed by atoms with van der Waals surface area (Å²) in [6, 6.07) is 14.0. The number of methoxy groups -OCH3 is 1. The summed E-state index contributed by atoms with van der Waals surface area (Å²) in [5, 5.41) is 3.64. The highest BCUT2D eigenvalue weighted by atomic mass is 16.5. The van der Waals surface area contributed by atoms with E-state index in [1.54, 1.807) is 19.5 Å². The highest BCUT2D eigenvalue weighted by Gasteiger charge is 2.30. The van der Waals surface area contributed by atoms with E-state index in [0.717, 1.165) is 42.3 Å². The number of anilines is 1. The number of pyridine rings is 1. The Hall–Kier alpha value is -3.19. The number of ether oxygens (including phenoxy) is 2. The fourth-order valence-electron chi connectivity index (χ4n) is 3.70. The Labute approximate surface area is 189 Å². The van der Waals surface area contributed by atoms with Gasteiger partial charge in [-0.05, 0) is 35.2 Å². The van der Waals surface area contributed by atoms with Crippen LogP contribution in [-0.2, 0) is 6.61 Å². The Morgan fingerprint density at radius 2 is 1.81 bits per heavy atom. The fourth-order valence-corrected chi connectivity index (χ4v) is 3.70. The van der Waals surface area contributed by atoms with E-state index in [-0.39, 0.29) is 5.41 Å². The first-order valence-corrected chi connectivity index (χ1v) is 11.0. The highest BCUT2D eigenvalue weighted by Crippen LogP contribution is 2.28. The molecule has 1 fully saturated rings. The van der Waals surface area contributed by atoms with Gasteiger partial charge in [0.05, 0.1) is 7.11 Å². The molecule has 7 nitrogen and oxygen atoms in total. The standard InChI is InChI=1S/C25H31N5O2/c1-25(2,3)21-16-30(14-13-27-21)22-15-23(29-24(28-22)19-9-11-26-12-10-19)32-17-18-5-7-20(31-4)8-6-18/h5-12,15,21,27H,13-14,16-17H2,1-4H3/t21-/m1/s1. The molecule has 7 heteroatoms. The smallest absolute Gasteiger partial charge is 0.219 e. The molecule has 32 heavy (non-hydrogen) atoms. The fraction of sp³-hybridized carbons (Fsp3) is 0.400. The van der Waals surface area contributed by atoms with E-state index in [9.17, 15) is 0 Å². The van der Waals surface area contributed by atoms with Crippen molar-refractivity contribution in [3.8, 4) is 23.0 Å². The van der Waals surface area contributed by atoms with Crippen molar-refractivity contribution in [3.63, 3.8) is 0 Å². The van der Waals surface area contributed by atoms with Gasteiger partial charge in [0.25, 0.3) is 0 Å². The van der Waals surface area contributed by atoms with Gasteiger partial charge >= 0.3 is 0 Å². The van der Waals surface area contributed by atoms with Gasteiger partial charge in [-0.25, -0.2) is 4.98 Å². The third-order valence-electron chi connectivity index (χ3n) is 5.72. The predicted octanol–water partition coefficient (Wildman–Crippen LogP) is 3.95. The van der Waals surface area contributed by atoms with Gasteiger partial charge in [0.1, 0.15) is 18.2 Å². The van der Waals surface area contributed by atoms with Crippen molar-refractivity contribution in [3.05, 3.63) is 60.4 Å². The molecule has 1 aromatic carbocycles. The number of hydrogen-bond acceptors (Lipinski definition) is 7. The average molecular weight is 434 g/mol. The van der Waals surface area contributed by atoms with Crippen LogP contribution in [0.1, 0.15) is 26.3 Å². The number of nitrogens with one attached hydrogen (secondary N) is 1. The summed E-state index contributed by atoms with van der Waals surface area (Å²) in [7, 11) is 1.66. The summed E-state index contributed by atoms with van der Waals surface area (Å²) in [4.78, 5) is 16.0. The minimum Gasteiger partial charge on any atom is -0.497 e. The number of nitrogens with zero attached hydrogens (tertiary/aromatic N) is 4. The van der Waals surface area contributed by atoms with Crippen LogP contribution in [0, 0.1) is 5.41 Å². The number of aromatic nitrogens is 3. The number of rotatable bonds is 6. The third-order valence-corrected chi connectivity index (χ3v) is 5.72. The predicted molar refractivity (Wildman–Crippen MR) is 126 cm³/mol. The molecule has 1 aliphatic heterocycles. The maximum absolute atomic E-state index is 6.10. The minimum atomic E-state index is 0.160. The summed E-state index contributed by atoms with van der Waals surface area (Å²) in [5.41, 5.74) is 2.12. The van der Waals surface area contributed by atoms with Gasteiger partial charge in [0.15, 0.2) is 5.82 Å². The molecule has 1 aliphatic rings. The molecule has 0 amide bonds. The Balaban J connectivity index is 1.60. The molecule has 0 bridgehead atoms. The lowest BCUT2D eigenvalue weighted by atomic mass is 9.85. The molecular formula is C25H31N5O2. The third kappa shape index (κ3) is 5.34. The van der Waals surface area contributed by atoms with Crippen LogP contribution >= 0.6 is 0 Å². The highest BCUT2D eigenvalue weighted by molar-refractivity contribution is 5.58. The van der Waals surface area contributed by atoms with E-state index < -0.39 is 0 Å². The molecule has 4 rings (SSSR count). The molecule has 3 aromatic rings. The van der Waals surface area contributed by atoms with Crippen molar-refractivity contribution in [2.24, 2.45) is 5.41 Å². The normalized spacial score (nSPS) is 16.6. The maximum atomic E-state index is 6.10. The molecule has 0 aliphatic carbocycles. The van der Waals surface area contributed by atoms with Crippen molar-refractivity contribution < 1.29 is 9.47 Å². The first kappa shape index (κ1) is 22.0. The second-order valence-electron chi connectivity index (χ2n) is 9.08. The summed E-state index contributed by atoms with van der Waals surface area (Å²) in [6.45, 7) is 9.90. The molecular weight excluding hydrogens is 402 g/mol. The molecule has 2 aromatic heterocycles. The second kappa shape index (κ2) is 9.53. The lowest BCUT2D eigenvalue weighted by Gasteiger charge is -2.41. The summed E-state index contributed by atoms with van der Waals surface area (Å²) < 4.78 is 11.3. The van der Waals surface area contributed by atoms with Gasteiger partial charge in [-0.3, -0.25) is 4.98 Å². The first-order chi connectivity index (χ1) is 15.4. The van der Waals surface area contributed by atoms with Crippen molar-refractivity contribution in [1.29, 1.82) is 0 Å². The van der Waals surface area contributed by atoms with Crippen LogP contribution in [0.3, 0.4) is 0 Å². The first-order valence-electron chi connectivity index (χ1n) is 11.0. The zero-order chi connectivity index (χ0) is 22.6. The van der Waals surface area contributed by atoms with Crippen LogP contribution in [0.4, 0.5) is 5.82 Å². The van der Waals surface area contributed by atoms with Crippen molar-refractivity contribution >= 4 is 5.82 Å². The Kier molecular flexibility index (Phi) is 6.55. The summed E-state index contributed by atoms with van der Waals surface area (Å²) in [5.74, 6) is 2.90. The number of benzene rings is 1. The molecule has 3 heterocycles. The van der Waals surface area contributed by atoms with Crippen molar-refractivity contribution in [2.45, 2.75) is 33.4 Å². The van der Waals surface area contributed by atoms with Crippen LogP contribution in [0.2, 0.25) is 0 Å². The van der Waals surface area contributed by atoms with Gasteiger partial charge in [-0.1, -0.05) is 32.9 Å². The number of hydrogen-bond donors (Lipinski definition) is 1. The van der Waals surface area contributed by atoms with Crippen LogP contribution in [0.5, 0.6) is 11.6 Å². The van der Waals surface area contributed by atoms with Crippen molar-refractivity contribution in [2.75, 3.05) is 31.6 Å². The molecule has 0 radical (unpaired) electrons. The van der Waals surface area contributed by atoms with Crippen LogP contribution in [0.25, 0.3) is 11.4 Å². The zero-order valence-corrected chi connectivity index (χ0v) is 19.2. The Morgan fingerprint density at radius 3 is 2.50 bits per heavy atom. The lowest BCUT2D eigenvalue weighted by Crippen LogP contribution is -2.56. The van der Waals surface area contributed by atoms with Crippen LogP contribution < -0.4 is 19.7 Å². The van der Waals surface area contributed by atoms with E-state index in [2.05, 4.69) is 41.0 Å². The monoisotopic (exact) mass is 433 g/mol. The number of piperazine rings is 1. The van der Waals surface area contributed by atoms with E-state index in [4.69, 9.17) is 14.5 Å². The minimum absolute atomic E-state index is 0.160. The van der Waals surface area contributed by atoms with Gasteiger partial charge in [-0.15, -0.1) is 0 Å². The van der Waals surface area contributed by atoms with E-state index in [0.29, 0.717) is 24.4 Å². The maximum Gasteiger partial charge on any atom is 0.219 e. The Morgan fingerprint density at radius 1 is 1.06 bits per heavy atom. The van der Waals surface area contributed by atoms with Gasteiger partial charge in [-0.2, -0.15) is 4.98 Å². The van der Waals surface area contributed by atoms with Gasteiger partial charge in [0.2, 0.25) is 5.88 Å². The molecule has 1 N–H and O–H groups in total. The quantitative estimate of drug-likeness (QED) is 0.631. The van der Waals surface area contributed by atoms with Crippen molar-refractivity contribution in [1.82, 2.24) is 20.3 Å². The van der Waals surface area contributed by atoms with Crippen LogP contribution in [-0.4, -0.2) is 47.7 Å². The molecule has 1 atom stereocenters. The van der Waals surface area contributed by atoms with Crippen LogP contribution in [0.15, 0.2) is 54.9 Å². The summed E-state index contributed by atoms with van der Waals surface area (Å²) >= 11 is 0. The summed E-state index contributed by atoms with van der Waals surface area (Å²) in [6.07, 6.45) is 3.51. The Bertz CT molecular complexity index is 1020. The average Bonchev–Trinajstić information content (AvgIpc) is 2.83.